The Morgan fingerprint density at radius 3 is 2.75 bits per heavy atom. The fraction of sp³-hybridized carbons (Fsp3) is 0.300. The number of nitrogens with zero attached hydrogens (tertiary/aromatic N) is 2. The lowest BCUT2D eigenvalue weighted by molar-refractivity contribution is -0.136. The van der Waals surface area contributed by atoms with E-state index < -0.39 is 24.4 Å². The van der Waals surface area contributed by atoms with Crippen molar-refractivity contribution < 1.29 is 18.7 Å². The Morgan fingerprint density at radius 2 is 2.31 bits per heavy atom. The minimum atomic E-state index is -2.84. The summed E-state index contributed by atoms with van der Waals surface area (Å²) in [5.41, 5.74) is -0.481. The zero-order chi connectivity index (χ0) is 12.3. The van der Waals surface area contributed by atoms with Gasteiger partial charge < -0.3 is 5.11 Å². The number of carboxylic acids is 1. The summed E-state index contributed by atoms with van der Waals surface area (Å²) < 4.78 is 25.2. The molecule has 0 radical (unpaired) electrons. The Hall–Kier alpha value is -2.03. The summed E-state index contributed by atoms with van der Waals surface area (Å²) in [7, 11) is 0. The van der Waals surface area contributed by atoms with Crippen LogP contribution in [0, 0.1) is 18.3 Å². The van der Waals surface area contributed by atoms with E-state index in [1.54, 1.807) is 6.07 Å². The van der Waals surface area contributed by atoms with Gasteiger partial charge in [-0.3, -0.25) is 9.78 Å². The standard InChI is InChI=1S/C10H8F2N2O2/c1-5-7(3-13)6(2-9(15)16)8(4-14-5)10(11)12/h4,10H,2H2,1H3,(H,15,16). The van der Waals surface area contributed by atoms with Crippen molar-refractivity contribution in [3.8, 4) is 6.07 Å². The van der Waals surface area contributed by atoms with Crippen LogP contribution in [0.3, 0.4) is 0 Å². The molecule has 0 saturated heterocycles. The van der Waals surface area contributed by atoms with Crippen LogP contribution in [-0.2, 0) is 11.2 Å². The average Bonchev–Trinajstić information content (AvgIpc) is 2.16. The fourth-order valence-corrected chi connectivity index (χ4v) is 1.35. The van der Waals surface area contributed by atoms with E-state index >= 15 is 0 Å². The van der Waals surface area contributed by atoms with Crippen LogP contribution in [0.2, 0.25) is 0 Å². The number of aryl methyl sites for hydroxylation is 1. The normalized spacial score (nSPS) is 10.2. The fourth-order valence-electron chi connectivity index (χ4n) is 1.35. The van der Waals surface area contributed by atoms with Gasteiger partial charge in [-0.1, -0.05) is 0 Å². The van der Waals surface area contributed by atoms with Gasteiger partial charge in [0.25, 0.3) is 6.43 Å². The van der Waals surface area contributed by atoms with Crippen LogP contribution in [0.25, 0.3) is 0 Å². The minimum Gasteiger partial charge on any atom is -0.481 e. The van der Waals surface area contributed by atoms with Gasteiger partial charge in [0.05, 0.1) is 17.7 Å². The molecule has 0 fully saturated rings. The second kappa shape index (κ2) is 4.66. The number of hydrogen-bond acceptors (Lipinski definition) is 3. The van der Waals surface area contributed by atoms with Gasteiger partial charge >= 0.3 is 5.97 Å². The highest BCUT2D eigenvalue weighted by atomic mass is 19.3. The summed E-state index contributed by atoms with van der Waals surface area (Å²) in [6, 6.07) is 1.71. The molecule has 0 unspecified atom stereocenters. The molecular formula is C10H8F2N2O2. The topological polar surface area (TPSA) is 74.0 Å². The SMILES string of the molecule is Cc1ncc(C(F)F)c(CC(=O)O)c1C#N. The minimum absolute atomic E-state index is 0.0831. The van der Waals surface area contributed by atoms with Gasteiger partial charge in [0.15, 0.2) is 0 Å². The first-order valence-corrected chi connectivity index (χ1v) is 4.35. The number of pyridine rings is 1. The maximum atomic E-state index is 12.6. The highest BCUT2D eigenvalue weighted by molar-refractivity contribution is 5.72. The molecule has 1 heterocycles. The predicted octanol–water partition coefficient (Wildman–Crippen LogP) is 1.83. The number of hydrogen-bond donors (Lipinski definition) is 1. The number of carbonyl (C=O) groups is 1. The summed E-state index contributed by atoms with van der Waals surface area (Å²) in [6.07, 6.45) is -2.53. The molecule has 1 rings (SSSR count). The molecule has 4 nitrogen and oxygen atoms in total. The number of aliphatic carboxylic acids is 1. The van der Waals surface area contributed by atoms with E-state index in [0.29, 0.717) is 0 Å². The van der Waals surface area contributed by atoms with Crippen LogP contribution >= 0.6 is 0 Å². The smallest absolute Gasteiger partial charge is 0.307 e. The first-order valence-electron chi connectivity index (χ1n) is 4.35. The number of halogens is 2. The van der Waals surface area contributed by atoms with Crippen molar-refractivity contribution in [3.05, 3.63) is 28.6 Å². The van der Waals surface area contributed by atoms with Crippen molar-refractivity contribution in [2.75, 3.05) is 0 Å². The third-order valence-corrected chi connectivity index (χ3v) is 2.08. The molecule has 0 aliphatic rings. The van der Waals surface area contributed by atoms with E-state index in [-0.39, 0.29) is 16.8 Å². The van der Waals surface area contributed by atoms with E-state index in [0.717, 1.165) is 6.20 Å². The summed E-state index contributed by atoms with van der Waals surface area (Å²) in [5.74, 6) is -1.26. The maximum absolute atomic E-state index is 12.6. The summed E-state index contributed by atoms with van der Waals surface area (Å²) in [6.45, 7) is 1.47. The van der Waals surface area contributed by atoms with Gasteiger partial charge in [0.1, 0.15) is 6.07 Å². The monoisotopic (exact) mass is 226 g/mol. The van der Waals surface area contributed by atoms with Crippen LogP contribution in [-0.4, -0.2) is 16.1 Å². The van der Waals surface area contributed by atoms with Gasteiger partial charge in [-0.2, -0.15) is 5.26 Å². The van der Waals surface area contributed by atoms with Crippen molar-refractivity contribution in [3.63, 3.8) is 0 Å². The third-order valence-electron chi connectivity index (χ3n) is 2.08. The first kappa shape index (κ1) is 12.0. The molecule has 84 valence electrons. The van der Waals surface area contributed by atoms with Crippen LogP contribution in [0.1, 0.15) is 28.8 Å². The van der Waals surface area contributed by atoms with Crippen molar-refractivity contribution in [1.82, 2.24) is 4.98 Å². The average molecular weight is 226 g/mol. The molecule has 1 aromatic rings. The zero-order valence-electron chi connectivity index (χ0n) is 8.37. The lowest BCUT2D eigenvalue weighted by atomic mass is 9.99. The van der Waals surface area contributed by atoms with Crippen LogP contribution in [0.15, 0.2) is 6.20 Å². The number of aromatic nitrogens is 1. The van der Waals surface area contributed by atoms with Gasteiger partial charge in [-0.05, 0) is 12.5 Å². The van der Waals surface area contributed by atoms with Crippen molar-refractivity contribution in [1.29, 1.82) is 5.26 Å². The number of nitriles is 1. The van der Waals surface area contributed by atoms with Crippen molar-refractivity contribution >= 4 is 5.97 Å². The quantitative estimate of drug-likeness (QED) is 0.853. The Labute approximate surface area is 90.2 Å². The largest absolute Gasteiger partial charge is 0.481 e. The number of alkyl halides is 2. The van der Waals surface area contributed by atoms with Gasteiger partial charge in [-0.15, -0.1) is 0 Å². The molecule has 0 spiro atoms. The molecule has 0 saturated carbocycles. The Kier molecular flexibility index (Phi) is 3.51. The van der Waals surface area contributed by atoms with Crippen molar-refractivity contribution in [2.45, 2.75) is 19.8 Å². The molecule has 0 bridgehead atoms. The summed E-state index contributed by atoms with van der Waals surface area (Å²) in [5, 5.41) is 17.4. The van der Waals surface area contributed by atoms with Crippen LogP contribution < -0.4 is 0 Å². The summed E-state index contributed by atoms with van der Waals surface area (Å²) in [4.78, 5) is 14.2. The van der Waals surface area contributed by atoms with Crippen LogP contribution in [0.4, 0.5) is 8.78 Å². The van der Waals surface area contributed by atoms with Gasteiger partial charge in [-0.25, -0.2) is 8.78 Å². The van der Waals surface area contributed by atoms with E-state index in [4.69, 9.17) is 10.4 Å². The Morgan fingerprint density at radius 1 is 1.69 bits per heavy atom. The molecule has 6 heteroatoms. The number of rotatable bonds is 3. The molecule has 0 aliphatic carbocycles. The second-order valence-electron chi connectivity index (χ2n) is 3.14. The van der Waals surface area contributed by atoms with Gasteiger partial charge in [0.2, 0.25) is 0 Å². The second-order valence-corrected chi connectivity index (χ2v) is 3.14. The molecular weight excluding hydrogens is 218 g/mol. The highest BCUT2D eigenvalue weighted by Crippen LogP contribution is 2.26. The lowest BCUT2D eigenvalue weighted by Gasteiger charge is -2.09. The predicted molar refractivity (Wildman–Crippen MR) is 50.0 cm³/mol. The van der Waals surface area contributed by atoms with Crippen LogP contribution in [0.5, 0.6) is 0 Å². The molecule has 0 aliphatic heterocycles. The Balaban J connectivity index is 3.42. The lowest BCUT2D eigenvalue weighted by Crippen LogP contribution is -2.09. The summed E-state index contributed by atoms with van der Waals surface area (Å²) >= 11 is 0. The molecule has 0 atom stereocenters. The van der Waals surface area contributed by atoms with E-state index in [1.807, 2.05) is 0 Å². The van der Waals surface area contributed by atoms with Gasteiger partial charge in [0, 0.05) is 11.8 Å². The van der Waals surface area contributed by atoms with E-state index in [1.165, 1.54) is 6.92 Å². The molecule has 1 aromatic heterocycles. The zero-order valence-corrected chi connectivity index (χ0v) is 8.37. The highest BCUT2D eigenvalue weighted by Gasteiger charge is 2.20. The van der Waals surface area contributed by atoms with Crippen molar-refractivity contribution in [2.24, 2.45) is 0 Å². The number of carboxylic acid groups (broad SMARTS) is 1. The first-order chi connectivity index (χ1) is 7.47. The molecule has 1 N–H and O–H groups in total. The van der Waals surface area contributed by atoms with E-state index in [9.17, 15) is 13.6 Å². The maximum Gasteiger partial charge on any atom is 0.307 e. The molecule has 0 aromatic carbocycles. The molecule has 16 heavy (non-hydrogen) atoms. The Bertz CT molecular complexity index is 467. The third kappa shape index (κ3) is 2.31. The van der Waals surface area contributed by atoms with E-state index in [2.05, 4.69) is 4.98 Å². The molecule has 0 amide bonds.